The first-order valence-electron chi connectivity index (χ1n) is 10.3. The summed E-state index contributed by atoms with van der Waals surface area (Å²) in [5.41, 5.74) is 0.278. The predicted molar refractivity (Wildman–Crippen MR) is 109 cm³/mol. The molecular formula is C23H25NO5. The van der Waals surface area contributed by atoms with Crippen LogP contribution in [0.25, 0.3) is 10.8 Å². The lowest BCUT2D eigenvalue weighted by Gasteiger charge is -2.35. The van der Waals surface area contributed by atoms with Crippen molar-refractivity contribution in [2.24, 2.45) is 0 Å². The van der Waals surface area contributed by atoms with Crippen LogP contribution in [0.5, 0.6) is 0 Å². The van der Waals surface area contributed by atoms with Gasteiger partial charge >= 0.3 is 11.9 Å². The molecule has 6 nitrogen and oxygen atoms in total. The largest absolute Gasteiger partial charge is 0.478 e. The fraction of sp³-hybridized carbons (Fsp3) is 0.435. The third-order valence-electron chi connectivity index (χ3n) is 6.38. The third-order valence-corrected chi connectivity index (χ3v) is 6.38. The molecule has 2 saturated carbocycles. The van der Waals surface area contributed by atoms with Crippen LogP contribution in [0.15, 0.2) is 30.3 Å². The van der Waals surface area contributed by atoms with Crippen LogP contribution in [-0.4, -0.2) is 45.0 Å². The maximum Gasteiger partial charge on any atom is 0.336 e. The molecule has 0 heterocycles. The number of rotatable bonds is 5. The lowest BCUT2D eigenvalue weighted by Crippen LogP contribution is -2.45. The molecule has 6 heteroatoms. The molecule has 2 fully saturated rings. The summed E-state index contributed by atoms with van der Waals surface area (Å²) in [4.78, 5) is 39.1. The molecular weight excluding hydrogens is 370 g/mol. The molecule has 2 aliphatic carbocycles. The smallest absolute Gasteiger partial charge is 0.336 e. The molecule has 0 saturated heterocycles. The molecule has 2 N–H and O–H groups in total. The van der Waals surface area contributed by atoms with Gasteiger partial charge in [0.1, 0.15) is 0 Å². The van der Waals surface area contributed by atoms with E-state index in [1.54, 1.807) is 12.1 Å². The highest BCUT2D eigenvalue weighted by molar-refractivity contribution is 6.15. The fourth-order valence-electron chi connectivity index (χ4n) is 5.00. The number of hydrogen-bond acceptors (Lipinski definition) is 3. The van der Waals surface area contributed by atoms with Crippen molar-refractivity contribution >= 4 is 28.6 Å². The van der Waals surface area contributed by atoms with Gasteiger partial charge in [-0.15, -0.1) is 0 Å². The molecule has 2 aromatic carbocycles. The zero-order chi connectivity index (χ0) is 20.5. The van der Waals surface area contributed by atoms with Crippen LogP contribution in [0, 0.1) is 0 Å². The van der Waals surface area contributed by atoms with Crippen LogP contribution in [0.1, 0.15) is 82.4 Å². The molecule has 0 radical (unpaired) electrons. The van der Waals surface area contributed by atoms with Gasteiger partial charge in [-0.2, -0.15) is 0 Å². The minimum Gasteiger partial charge on any atom is -0.478 e. The van der Waals surface area contributed by atoms with Crippen molar-refractivity contribution < 1.29 is 24.6 Å². The Labute approximate surface area is 169 Å². The third kappa shape index (κ3) is 3.59. The number of carboxylic acids is 2. The van der Waals surface area contributed by atoms with Gasteiger partial charge in [-0.3, -0.25) is 4.79 Å². The molecule has 0 spiro atoms. The molecule has 0 atom stereocenters. The number of amides is 1. The first-order chi connectivity index (χ1) is 14.0. The topological polar surface area (TPSA) is 94.9 Å². The van der Waals surface area contributed by atoms with E-state index >= 15 is 0 Å². The van der Waals surface area contributed by atoms with Gasteiger partial charge in [0.05, 0.1) is 16.7 Å². The lowest BCUT2D eigenvalue weighted by molar-refractivity contribution is 0.0568. The first kappa shape index (κ1) is 19.4. The van der Waals surface area contributed by atoms with Crippen LogP contribution in [0.3, 0.4) is 0 Å². The van der Waals surface area contributed by atoms with Crippen molar-refractivity contribution in [2.75, 3.05) is 0 Å². The van der Waals surface area contributed by atoms with E-state index < -0.39 is 11.9 Å². The Kier molecular flexibility index (Phi) is 5.26. The number of carbonyl (C=O) groups is 3. The van der Waals surface area contributed by atoms with Gasteiger partial charge in [0.25, 0.3) is 5.91 Å². The van der Waals surface area contributed by atoms with Crippen LogP contribution in [0.4, 0.5) is 0 Å². The number of hydrogen-bond donors (Lipinski definition) is 2. The van der Waals surface area contributed by atoms with E-state index in [9.17, 15) is 24.6 Å². The Morgan fingerprint density at radius 2 is 1.38 bits per heavy atom. The summed E-state index contributed by atoms with van der Waals surface area (Å²) in [6.45, 7) is 0. The second-order valence-electron chi connectivity index (χ2n) is 8.12. The molecule has 4 rings (SSSR count). The number of benzene rings is 2. The van der Waals surface area contributed by atoms with E-state index in [-0.39, 0.29) is 34.7 Å². The minimum absolute atomic E-state index is 0.0217. The average Bonchev–Trinajstić information content (AvgIpc) is 3.41. The SMILES string of the molecule is O=C(O)c1ccc2c(C(=O)N(C3CCCC3)C3CCCC3)c(C(=O)O)ccc2c1. The monoisotopic (exact) mass is 395 g/mol. The van der Waals surface area contributed by atoms with Gasteiger partial charge < -0.3 is 15.1 Å². The van der Waals surface area contributed by atoms with Crippen molar-refractivity contribution in [3.63, 3.8) is 0 Å². The average molecular weight is 395 g/mol. The molecule has 0 aliphatic heterocycles. The number of carbonyl (C=O) groups excluding carboxylic acids is 1. The highest BCUT2D eigenvalue weighted by Crippen LogP contribution is 2.35. The van der Waals surface area contributed by atoms with E-state index in [4.69, 9.17) is 0 Å². The number of carboxylic acid groups (broad SMARTS) is 2. The van der Waals surface area contributed by atoms with Crippen molar-refractivity contribution in [2.45, 2.75) is 63.5 Å². The number of fused-ring (bicyclic) bond motifs is 1. The molecule has 2 aromatic rings. The van der Waals surface area contributed by atoms with Crippen molar-refractivity contribution in [3.8, 4) is 0 Å². The van der Waals surface area contributed by atoms with Crippen LogP contribution < -0.4 is 0 Å². The molecule has 0 unspecified atom stereocenters. The summed E-state index contributed by atoms with van der Waals surface area (Å²) in [5, 5.41) is 20.1. The van der Waals surface area contributed by atoms with Gasteiger partial charge in [-0.05, 0) is 54.7 Å². The maximum atomic E-state index is 13.8. The molecule has 1 amide bonds. The second kappa shape index (κ2) is 7.85. The number of nitrogens with zero attached hydrogens (tertiary/aromatic N) is 1. The second-order valence-corrected chi connectivity index (χ2v) is 8.12. The quantitative estimate of drug-likeness (QED) is 0.774. The van der Waals surface area contributed by atoms with E-state index in [0.29, 0.717) is 10.8 Å². The molecule has 0 aromatic heterocycles. The zero-order valence-corrected chi connectivity index (χ0v) is 16.3. The molecule has 2 aliphatic rings. The normalized spacial score (nSPS) is 17.7. The van der Waals surface area contributed by atoms with E-state index in [2.05, 4.69) is 0 Å². The Morgan fingerprint density at radius 3 is 1.90 bits per heavy atom. The summed E-state index contributed by atoms with van der Waals surface area (Å²) in [6.07, 6.45) is 8.18. The van der Waals surface area contributed by atoms with Crippen molar-refractivity contribution in [3.05, 3.63) is 47.0 Å². The minimum atomic E-state index is -1.14. The van der Waals surface area contributed by atoms with Crippen LogP contribution >= 0.6 is 0 Å². The van der Waals surface area contributed by atoms with Gasteiger partial charge in [-0.1, -0.05) is 37.8 Å². The van der Waals surface area contributed by atoms with Gasteiger partial charge in [0, 0.05) is 12.1 Å². The Morgan fingerprint density at radius 1 is 0.793 bits per heavy atom. The Balaban J connectivity index is 1.86. The van der Waals surface area contributed by atoms with E-state index in [1.165, 1.54) is 18.2 Å². The van der Waals surface area contributed by atoms with Crippen LogP contribution in [-0.2, 0) is 0 Å². The molecule has 29 heavy (non-hydrogen) atoms. The standard InChI is InChI=1S/C23H25NO5/c25-21(24(16-5-1-2-6-16)17-7-3-4-8-17)20-18-11-10-15(22(26)27)13-14(18)9-12-19(20)23(28)29/h9-13,16-17H,1-8H2,(H,26,27)(H,28,29). The van der Waals surface area contributed by atoms with Gasteiger partial charge in [0.15, 0.2) is 0 Å². The summed E-state index contributed by atoms with van der Waals surface area (Å²) >= 11 is 0. The van der Waals surface area contributed by atoms with Crippen LogP contribution in [0.2, 0.25) is 0 Å². The lowest BCUT2D eigenvalue weighted by atomic mass is 9.95. The maximum absolute atomic E-state index is 13.8. The Hall–Kier alpha value is -2.89. The predicted octanol–water partition coefficient (Wildman–Crippen LogP) is 4.56. The van der Waals surface area contributed by atoms with Gasteiger partial charge in [0.2, 0.25) is 0 Å². The van der Waals surface area contributed by atoms with Gasteiger partial charge in [-0.25, -0.2) is 9.59 Å². The Bertz CT molecular complexity index is 955. The summed E-state index contributed by atoms with van der Waals surface area (Å²) in [5.74, 6) is -2.43. The summed E-state index contributed by atoms with van der Waals surface area (Å²) in [6, 6.07) is 7.81. The van der Waals surface area contributed by atoms with E-state index in [1.807, 2.05) is 4.90 Å². The summed E-state index contributed by atoms with van der Waals surface area (Å²) in [7, 11) is 0. The number of aromatic carboxylic acids is 2. The highest BCUT2D eigenvalue weighted by Gasteiger charge is 2.36. The fourth-order valence-corrected chi connectivity index (χ4v) is 5.00. The first-order valence-corrected chi connectivity index (χ1v) is 10.3. The summed E-state index contributed by atoms with van der Waals surface area (Å²) < 4.78 is 0. The highest BCUT2D eigenvalue weighted by atomic mass is 16.4. The van der Waals surface area contributed by atoms with Crippen molar-refractivity contribution in [1.82, 2.24) is 4.90 Å². The molecule has 0 bridgehead atoms. The van der Waals surface area contributed by atoms with Crippen molar-refractivity contribution in [1.29, 1.82) is 0 Å². The molecule has 152 valence electrons. The zero-order valence-electron chi connectivity index (χ0n) is 16.3. The van der Waals surface area contributed by atoms with E-state index in [0.717, 1.165) is 51.4 Å².